The van der Waals surface area contributed by atoms with Crippen LogP contribution in [0.4, 0.5) is 0 Å². The second-order valence-electron chi connectivity index (χ2n) is 4.77. The highest BCUT2D eigenvalue weighted by Gasteiger charge is 2.38. The lowest BCUT2D eigenvalue weighted by atomic mass is 10.2. The average Bonchev–Trinajstić information content (AvgIpc) is 3.04. The minimum absolute atomic E-state index is 0.188. The average molecular weight is 348 g/mol. The molecule has 0 amide bonds. The first-order chi connectivity index (χ1) is 10.4. The molecule has 0 bridgehead atoms. The molecule has 2 aromatic heterocycles. The maximum Gasteiger partial charge on any atom is 0.338 e. The number of aromatic nitrogens is 2. The van der Waals surface area contributed by atoms with Gasteiger partial charge in [0.15, 0.2) is 0 Å². The van der Waals surface area contributed by atoms with Gasteiger partial charge in [0.05, 0.1) is 5.52 Å². The number of aliphatic hydroxyl groups excluding tert-OH is 1. The van der Waals surface area contributed by atoms with Crippen LogP contribution >= 0.6 is 11.6 Å². The quantitative estimate of drug-likeness (QED) is 0.792. The molecule has 1 fully saturated rings. The van der Waals surface area contributed by atoms with E-state index in [2.05, 4.69) is 4.98 Å². The predicted octanol–water partition coefficient (Wildman–Crippen LogP) is 0.776. The van der Waals surface area contributed by atoms with E-state index in [0.717, 1.165) is 10.9 Å². The molecule has 120 valence electrons. The van der Waals surface area contributed by atoms with Crippen molar-refractivity contribution in [1.29, 1.82) is 0 Å². The number of aliphatic hydroxyl groups is 1. The number of nitrogens with one attached hydrogen (secondary N) is 1. The third-order valence-corrected chi connectivity index (χ3v) is 4.67. The first-order valence-electron chi connectivity index (χ1n) is 6.47. The lowest BCUT2D eigenvalue weighted by molar-refractivity contribution is -0.121. The summed E-state index contributed by atoms with van der Waals surface area (Å²) < 4.78 is 36.8. The van der Waals surface area contributed by atoms with E-state index in [-0.39, 0.29) is 6.42 Å². The SMILES string of the molecule is CNS(=O)(=O)O[C@H]1O[C@@H](n2ccc3c(Cl)nccc32)C[C@@H]1O. The third-order valence-electron chi connectivity index (χ3n) is 3.43. The number of halogens is 1. The number of rotatable bonds is 4. The zero-order valence-corrected chi connectivity index (χ0v) is 13.1. The van der Waals surface area contributed by atoms with Gasteiger partial charge in [-0.05, 0) is 12.1 Å². The molecule has 1 aliphatic rings. The van der Waals surface area contributed by atoms with Crippen LogP contribution in [0.3, 0.4) is 0 Å². The Balaban J connectivity index is 1.86. The Morgan fingerprint density at radius 1 is 1.55 bits per heavy atom. The van der Waals surface area contributed by atoms with Crippen molar-refractivity contribution in [3.05, 3.63) is 29.7 Å². The van der Waals surface area contributed by atoms with E-state index in [4.69, 9.17) is 20.5 Å². The van der Waals surface area contributed by atoms with Crippen molar-refractivity contribution in [3.63, 3.8) is 0 Å². The Kier molecular flexibility index (Phi) is 4.10. The molecule has 3 atom stereocenters. The summed E-state index contributed by atoms with van der Waals surface area (Å²) in [5.41, 5.74) is 0.773. The Hall–Kier alpha value is -1.23. The Labute approximate surface area is 131 Å². The Morgan fingerprint density at radius 3 is 3.05 bits per heavy atom. The molecule has 3 heterocycles. The molecule has 0 saturated carbocycles. The fourth-order valence-corrected chi connectivity index (χ4v) is 3.10. The summed E-state index contributed by atoms with van der Waals surface area (Å²) >= 11 is 6.01. The van der Waals surface area contributed by atoms with Gasteiger partial charge in [0.2, 0.25) is 6.29 Å². The summed E-state index contributed by atoms with van der Waals surface area (Å²) in [5, 5.41) is 11.1. The molecule has 0 aliphatic carbocycles. The molecular weight excluding hydrogens is 334 g/mol. The largest absolute Gasteiger partial charge is 0.388 e. The number of nitrogens with zero attached hydrogens (tertiary/aromatic N) is 2. The molecule has 2 N–H and O–H groups in total. The van der Waals surface area contributed by atoms with Crippen LogP contribution in [0.25, 0.3) is 10.9 Å². The van der Waals surface area contributed by atoms with Gasteiger partial charge in [0.25, 0.3) is 0 Å². The highest BCUT2D eigenvalue weighted by Crippen LogP contribution is 2.34. The van der Waals surface area contributed by atoms with Gasteiger partial charge in [-0.15, -0.1) is 0 Å². The number of ether oxygens (including phenoxy) is 1. The zero-order valence-electron chi connectivity index (χ0n) is 11.5. The van der Waals surface area contributed by atoms with Crippen LogP contribution in [0.15, 0.2) is 24.5 Å². The van der Waals surface area contributed by atoms with E-state index in [1.165, 1.54) is 7.05 Å². The maximum absolute atomic E-state index is 11.4. The summed E-state index contributed by atoms with van der Waals surface area (Å²) in [6.45, 7) is 0. The van der Waals surface area contributed by atoms with Crippen molar-refractivity contribution in [2.24, 2.45) is 0 Å². The Bertz CT molecular complexity index is 793. The minimum Gasteiger partial charge on any atom is -0.388 e. The molecule has 0 unspecified atom stereocenters. The van der Waals surface area contributed by atoms with E-state index in [0.29, 0.717) is 5.15 Å². The summed E-state index contributed by atoms with van der Waals surface area (Å²) in [5.74, 6) is 0. The van der Waals surface area contributed by atoms with Gasteiger partial charge in [-0.1, -0.05) is 11.6 Å². The molecule has 22 heavy (non-hydrogen) atoms. The van der Waals surface area contributed by atoms with Crippen LogP contribution in [0, 0.1) is 0 Å². The fourth-order valence-electron chi connectivity index (χ4n) is 2.36. The van der Waals surface area contributed by atoms with Crippen LogP contribution in [-0.4, -0.2) is 42.5 Å². The van der Waals surface area contributed by atoms with Crippen molar-refractivity contribution in [1.82, 2.24) is 14.3 Å². The highest BCUT2D eigenvalue weighted by atomic mass is 35.5. The van der Waals surface area contributed by atoms with E-state index >= 15 is 0 Å². The Morgan fingerprint density at radius 2 is 2.32 bits per heavy atom. The van der Waals surface area contributed by atoms with Gasteiger partial charge in [-0.25, -0.2) is 9.17 Å². The van der Waals surface area contributed by atoms with Crippen LogP contribution in [-0.2, 0) is 19.2 Å². The third kappa shape index (κ3) is 2.83. The van der Waals surface area contributed by atoms with Crippen LogP contribution in [0.5, 0.6) is 0 Å². The lowest BCUT2D eigenvalue weighted by Crippen LogP contribution is -2.32. The molecule has 3 rings (SSSR count). The van der Waals surface area contributed by atoms with Crippen molar-refractivity contribution >= 4 is 32.8 Å². The van der Waals surface area contributed by atoms with Gasteiger partial charge >= 0.3 is 10.3 Å². The normalized spacial score (nSPS) is 25.9. The van der Waals surface area contributed by atoms with Crippen molar-refractivity contribution in [2.45, 2.75) is 25.0 Å². The summed E-state index contributed by atoms with van der Waals surface area (Å²) in [6.07, 6.45) is 0.590. The number of fused-ring (bicyclic) bond motifs is 1. The van der Waals surface area contributed by atoms with Crippen LogP contribution in [0.1, 0.15) is 12.6 Å². The predicted molar refractivity (Wildman–Crippen MR) is 78.3 cm³/mol. The molecular formula is C12H14ClN3O5S. The first kappa shape index (κ1) is 15.7. The highest BCUT2D eigenvalue weighted by molar-refractivity contribution is 7.84. The van der Waals surface area contributed by atoms with E-state index in [1.807, 2.05) is 4.72 Å². The number of hydrogen-bond donors (Lipinski definition) is 2. The van der Waals surface area contributed by atoms with Crippen molar-refractivity contribution in [3.8, 4) is 0 Å². The van der Waals surface area contributed by atoms with Crippen LogP contribution < -0.4 is 4.72 Å². The molecule has 2 aromatic rings. The summed E-state index contributed by atoms with van der Waals surface area (Å²) in [7, 11) is -2.74. The van der Waals surface area contributed by atoms with Gasteiger partial charge in [0, 0.05) is 31.2 Å². The lowest BCUT2D eigenvalue weighted by Gasteiger charge is -2.16. The van der Waals surface area contributed by atoms with Crippen molar-refractivity contribution in [2.75, 3.05) is 7.05 Å². The molecule has 0 radical (unpaired) electrons. The van der Waals surface area contributed by atoms with Crippen molar-refractivity contribution < 1.29 is 22.4 Å². The standard InChI is InChI=1S/C12H14ClN3O5S/c1-14-22(18,19)21-12-9(17)6-10(20-12)16-5-3-7-8(16)2-4-15-11(7)13/h2-5,9-10,12,14,17H,6H2,1H3/t9-,10+,12+/m0/s1. The number of hydrogen-bond acceptors (Lipinski definition) is 6. The van der Waals surface area contributed by atoms with Crippen LogP contribution in [0.2, 0.25) is 5.15 Å². The second kappa shape index (κ2) is 5.76. The molecule has 1 aliphatic heterocycles. The summed E-state index contributed by atoms with van der Waals surface area (Å²) in [6, 6.07) is 3.54. The summed E-state index contributed by atoms with van der Waals surface area (Å²) in [4.78, 5) is 3.99. The maximum atomic E-state index is 11.4. The van der Waals surface area contributed by atoms with Gasteiger partial charge in [0.1, 0.15) is 17.5 Å². The monoisotopic (exact) mass is 347 g/mol. The molecule has 0 aromatic carbocycles. The fraction of sp³-hybridized carbons (Fsp3) is 0.417. The number of pyridine rings is 1. The second-order valence-corrected chi connectivity index (χ2v) is 6.64. The van der Waals surface area contributed by atoms with Gasteiger partial charge < -0.3 is 14.4 Å². The van der Waals surface area contributed by atoms with E-state index < -0.39 is 28.9 Å². The van der Waals surface area contributed by atoms with E-state index in [1.54, 1.807) is 29.1 Å². The first-order valence-corrected chi connectivity index (χ1v) is 8.26. The smallest absolute Gasteiger partial charge is 0.338 e. The van der Waals surface area contributed by atoms with E-state index in [9.17, 15) is 13.5 Å². The minimum atomic E-state index is -3.95. The van der Waals surface area contributed by atoms with Gasteiger partial charge in [-0.2, -0.15) is 13.1 Å². The zero-order chi connectivity index (χ0) is 15.9. The van der Waals surface area contributed by atoms with Gasteiger partial charge in [-0.3, -0.25) is 0 Å². The topological polar surface area (TPSA) is 103 Å². The molecule has 0 spiro atoms. The molecule has 8 nitrogen and oxygen atoms in total. The molecule has 10 heteroatoms. The molecule has 1 saturated heterocycles.